The molecule has 0 atom stereocenters. The van der Waals surface area contributed by atoms with E-state index >= 15 is 0 Å². The maximum absolute atomic E-state index is 11.7. The first-order chi connectivity index (χ1) is 10.6. The van der Waals surface area contributed by atoms with E-state index in [0.717, 1.165) is 36.2 Å². The van der Waals surface area contributed by atoms with Gasteiger partial charge in [-0.05, 0) is 31.0 Å². The summed E-state index contributed by atoms with van der Waals surface area (Å²) in [7, 11) is 0. The van der Waals surface area contributed by atoms with Crippen molar-refractivity contribution in [2.75, 3.05) is 26.2 Å². The molecule has 0 aromatic heterocycles. The zero-order valence-corrected chi connectivity index (χ0v) is 14.1. The van der Waals surface area contributed by atoms with E-state index in [1.807, 2.05) is 29.2 Å². The van der Waals surface area contributed by atoms with Crippen molar-refractivity contribution < 1.29 is 14.3 Å². The number of amides is 2. The molecule has 120 valence electrons. The molecule has 0 radical (unpaired) electrons. The van der Waals surface area contributed by atoms with Crippen molar-refractivity contribution in [2.45, 2.75) is 25.7 Å². The van der Waals surface area contributed by atoms with Gasteiger partial charge in [0.1, 0.15) is 5.75 Å². The molecule has 1 aromatic carbocycles. The van der Waals surface area contributed by atoms with Crippen LogP contribution in [0.2, 0.25) is 0 Å². The molecule has 0 bridgehead atoms. The van der Waals surface area contributed by atoms with E-state index in [2.05, 4.69) is 21.2 Å². The third-order valence-corrected chi connectivity index (χ3v) is 3.99. The molecule has 1 aliphatic rings. The molecular weight excluding hydrogens is 348 g/mol. The second-order valence-electron chi connectivity index (χ2n) is 5.24. The Balaban J connectivity index is 1.53. The lowest BCUT2D eigenvalue weighted by Crippen LogP contribution is -2.31. The zero-order valence-electron chi connectivity index (χ0n) is 12.5. The Labute approximate surface area is 139 Å². The fraction of sp³-hybridized carbons (Fsp3) is 0.500. The number of nitrogens with zero attached hydrogens (tertiary/aromatic N) is 1. The van der Waals surface area contributed by atoms with Gasteiger partial charge in [-0.1, -0.05) is 22.0 Å². The van der Waals surface area contributed by atoms with Crippen molar-refractivity contribution >= 4 is 27.7 Å². The first-order valence-corrected chi connectivity index (χ1v) is 8.37. The summed E-state index contributed by atoms with van der Waals surface area (Å²) in [5.41, 5.74) is 0. The summed E-state index contributed by atoms with van der Waals surface area (Å²) in [6, 6.07) is 7.53. The van der Waals surface area contributed by atoms with Crippen molar-refractivity contribution in [3.05, 3.63) is 28.7 Å². The summed E-state index contributed by atoms with van der Waals surface area (Å²) in [5.74, 6) is 0.950. The number of carbonyl (C=O) groups is 2. The number of hydrogen-bond donors (Lipinski definition) is 1. The van der Waals surface area contributed by atoms with E-state index in [0.29, 0.717) is 26.0 Å². The summed E-state index contributed by atoms with van der Waals surface area (Å²) >= 11 is 3.37. The average molecular weight is 369 g/mol. The third kappa shape index (κ3) is 5.67. The normalized spacial score (nSPS) is 14.2. The lowest BCUT2D eigenvalue weighted by molar-refractivity contribution is -0.127. The number of rotatable bonds is 8. The smallest absolute Gasteiger partial charge is 0.223 e. The van der Waals surface area contributed by atoms with Crippen molar-refractivity contribution in [1.29, 1.82) is 0 Å². The van der Waals surface area contributed by atoms with Crippen LogP contribution in [-0.4, -0.2) is 43.0 Å². The average Bonchev–Trinajstić information content (AvgIpc) is 2.89. The van der Waals surface area contributed by atoms with Gasteiger partial charge >= 0.3 is 0 Å². The van der Waals surface area contributed by atoms with Gasteiger partial charge in [0, 0.05) is 30.5 Å². The Morgan fingerprint density at radius 1 is 1.41 bits per heavy atom. The molecule has 1 aliphatic heterocycles. The van der Waals surface area contributed by atoms with Gasteiger partial charge in [-0.15, -0.1) is 0 Å². The largest absolute Gasteiger partial charge is 0.493 e. The van der Waals surface area contributed by atoms with Crippen LogP contribution in [0.4, 0.5) is 0 Å². The number of likely N-dealkylation sites (tertiary alicyclic amines) is 1. The highest BCUT2D eigenvalue weighted by atomic mass is 79.9. The zero-order chi connectivity index (χ0) is 15.8. The fourth-order valence-corrected chi connectivity index (χ4v) is 2.72. The number of halogens is 1. The van der Waals surface area contributed by atoms with Gasteiger partial charge in [0.05, 0.1) is 13.0 Å². The number of nitrogens with one attached hydrogen (secondary N) is 1. The van der Waals surface area contributed by atoms with Crippen LogP contribution < -0.4 is 10.1 Å². The molecule has 6 heteroatoms. The summed E-state index contributed by atoms with van der Waals surface area (Å²) in [6.45, 7) is 2.54. The van der Waals surface area contributed by atoms with E-state index in [1.54, 1.807) is 0 Å². The molecule has 2 rings (SSSR count). The topological polar surface area (TPSA) is 58.6 Å². The Kier molecular flexibility index (Phi) is 6.71. The Morgan fingerprint density at radius 2 is 2.27 bits per heavy atom. The standard InChI is InChI=1S/C16H21BrN2O3/c17-13-4-1-5-14(12-13)22-11-7-15(20)18-8-3-10-19-9-2-6-16(19)21/h1,4-5,12H,2-3,6-11H2,(H,18,20). The van der Waals surface area contributed by atoms with Crippen molar-refractivity contribution in [3.8, 4) is 5.75 Å². The highest BCUT2D eigenvalue weighted by molar-refractivity contribution is 9.10. The molecule has 0 unspecified atom stereocenters. The second-order valence-corrected chi connectivity index (χ2v) is 6.16. The molecule has 1 saturated heterocycles. The van der Waals surface area contributed by atoms with Gasteiger partial charge in [-0.2, -0.15) is 0 Å². The van der Waals surface area contributed by atoms with Crippen molar-refractivity contribution in [1.82, 2.24) is 10.2 Å². The Bertz CT molecular complexity index is 522. The van der Waals surface area contributed by atoms with Crippen LogP contribution in [0, 0.1) is 0 Å². The van der Waals surface area contributed by atoms with Gasteiger partial charge in [-0.25, -0.2) is 0 Å². The van der Waals surface area contributed by atoms with Gasteiger partial charge < -0.3 is 15.0 Å². The summed E-state index contributed by atoms with van der Waals surface area (Å²) in [6.07, 6.45) is 2.75. The van der Waals surface area contributed by atoms with E-state index < -0.39 is 0 Å². The van der Waals surface area contributed by atoms with Crippen LogP contribution in [0.5, 0.6) is 5.75 Å². The van der Waals surface area contributed by atoms with E-state index in [4.69, 9.17) is 4.74 Å². The van der Waals surface area contributed by atoms with E-state index in [-0.39, 0.29) is 11.8 Å². The number of carbonyl (C=O) groups excluding carboxylic acids is 2. The van der Waals surface area contributed by atoms with Gasteiger partial charge in [0.25, 0.3) is 0 Å². The van der Waals surface area contributed by atoms with Crippen LogP contribution in [0.15, 0.2) is 28.7 Å². The SMILES string of the molecule is O=C(CCOc1cccc(Br)c1)NCCCN1CCCC1=O. The minimum atomic E-state index is -0.0252. The number of benzene rings is 1. The maximum Gasteiger partial charge on any atom is 0.223 e. The minimum absolute atomic E-state index is 0.0252. The summed E-state index contributed by atoms with van der Waals surface area (Å²) < 4.78 is 6.47. The molecule has 5 nitrogen and oxygen atoms in total. The van der Waals surface area contributed by atoms with Crippen molar-refractivity contribution in [2.24, 2.45) is 0 Å². The van der Waals surface area contributed by atoms with E-state index in [9.17, 15) is 9.59 Å². The van der Waals surface area contributed by atoms with Crippen LogP contribution in [0.1, 0.15) is 25.7 Å². The maximum atomic E-state index is 11.7. The minimum Gasteiger partial charge on any atom is -0.493 e. The number of hydrogen-bond acceptors (Lipinski definition) is 3. The molecule has 22 heavy (non-hydrogen) atoms. The molecule has 1 N–H and O–H groups in total. The van der Waals surface area contributed by atoms with Crippen molar-refractivity contribution in [3.63, 3.8) is 0 Å². The van der Waals surface area contributed by atoms with E-state index in [1.165, 1.54) is 0 Å². The van der Waals surface area contributed by atoms with Crippen LogP contribution in [0.3, 0.4) is 0 Å². The first kappa shape index (κ1) is 16.8. The third-order valence-electron chi connectivity index (χ3n) is 3.49. The highest BCUT2D eigenvalue weighted by Crippen LogP contribution is 2.17. The van der Waals surface area contributed by atoms with Crippen LogP contribution >= 0.6 is 15.9 Å². The van der Waals surface area contributed by atoms with Gasteiger partial charge in [0.2, 0.25) is 11.8 Å². The molecular formula is C16H21BrN2O3. The quantitative estimate of drug-likeness (QED) is 0.716. The van der Waals surface area contributed by atoms with Gasteiger partial charge in [0.15, 0.2) is 0 Å². The molecule has 0 aliphatic carbocycles. The fourth-order valence-electron chi connectivity index (χ4n) is 2.34. The molecule has 0 spiro atoms. The molecule has 0 saturated carbocycles. The summed E-state index contributed by atoms with van der Waals surface area (Å²) in [4.78, 5) is 25.0. The van der Waals surface area contributed by atoms with Crippen LogP contribution in [0.25, 0.3) is 0 Å². The molecule has 2 amide bonds. The lowest BCUT2D eigenvalue weighted by Gasteiger charge is -2.15. The molecule has 1 aromatic rings. The number of ether oxygens (including phenoxy) is 1. The monoisotopic (exact) mass is 368 g/mol. The molecule has 1 fully saturated rings. The Hall–Kier alpha value is -1.56. The summed E-state index contributed by atoms with van der Waals surface area (Å²) in [5, 5.41) is 2.85. The van der Waals surface area contributed by atoms with Crippen LogP contribution in [-0.2, 0) is 9.59 Å². The second kappa shape index (κ2) is 8.78. The first-order valence-electron chi connectivity index (χ1n) is 7.58. The Morgan fingerprint density at radius 3 is 3.00 bits per heavy atom. The highest BCUT2D eigenvalue weighted by Gasteiger charge is 2.18. The predicted octanol–water partition coefficient (Wildman–Crippen LogP) is 2.35. The lowest BCUT2D eigenvalue weighted by atomic mass is 10.3. The van der Waals surface area contributed by atoms with Gasteiger partial charge in [-0.3, -0.25) is 9.59 Å². The molecule has 1 heterocycles. The predicted molar refractivity (Wildman–Crippen MR) is 87.7 cm³/mol.